The van der Waals surface area contributed by atoms with Gasteiger partial charge in [0.15, 0.2) is 6.10 Å². The third-order valence-electron chi connectivity index (χ3n) is 6.36. The summed E-state index contributed by atoms with van der Waals surface area (Å²) in [5.41, 5.74) is 3.43. The second kappa shape index (κ2) is 10.6. The molecular formula is C29H29NO6. The van der Waals surface area contributed by atoms with Crippen LogP contribution in [0.1, 0.15) is 34.8 Å². The number of rotatable bonds is 8. The number of carbonyl (C=O) groups is 3. The number of nitrogens with zero attached hydrogens (tertiary/aromatic N) is 1. The lowest BCUT2D eigenvalue weighted by Crippen LogP contribution is -2.30. The van der Waals surface area contributed by atoms with E-state index in [0.29, 0.717) is 22.7 Å². The molecule has 7 nitrogen and oxygen atoms in total. The molecule has 7 heteroatoms. The SMILES string of the molecule is COc1ccc(C(=O)[C@H](C)OC(=O)[C@H]2CC(=O)N(c3ccc(Oc4ccc(C)c(C)c4)cc3)C2)cc1. The van der Waals surface area contributed by atoms with Crippen molar-refractivity contribution in [1.82, 2.24) is 0 Å². The second-order valence-corrected chi connectivity index (χ2v) is 8.92. The maximum atomic E-state index is 12.7. The Morgan fingerprint density at radius 2 is 1.53 bits per heavy atom. The van der Waals surface area contributed by atoms with Crippen LogP contribution in [0, 0.1) is 19.8 Å². The average Bonchev–Trinajstić information content (AvgIpc) is 3.28. The van der Waals surface area contributed by atoms with Gasteiger partial charge in [-0.1, -0.05) is 6.07 Å². The van der Waals surface area contributed by atoms with Crippen molar-refractivity contribution >= 4 is 23.3 Å². The standard InChI is InChI=1S/C29H29NO6/c1-18-5-10-26(15-19(18)2)36-25-13-8-23(9-14-25)30-17-22(16-27(30)31)29(33)35-20(3)28(32)21-6-11-24(34-4)12-7-21/h5-15,20,22H,16-17H2,1-4H3/t20-,22-/m0/s1. The zero-order chi connectivity index (χ0) is 25.8. The highest BCUT2D eigenvalue weighted by Gasteiger charge is 2.37. The van der Waals surface area contributed by atoms with Crippen LogP contribution in [0.25, 0.3) is 0 Å². The Balaban J connectivity index is 1.35. The first-order valence-corrected chi connectivity index (χ1v) is 11.8. The molecule has 0 saturated carbocycles. The molecule has 36 heavy (non-hydrogen) atoms. The minimum atomic E-state index is -0.961. The van der Waals surface area contributed by atoms with Gasteiger partial charge < -0.3 is 19.1 Å². The largest absolute Gasteiger partial charge is 0.497 e. The molecule has 1 saturated heterocycles. The summed E-state index contributed by atoms with van der Waals surface area (Å²) in [5, 5.41) is 0. The Hall–Kier alpha value is -4.13. The van der Waals surface area contributed by atoms with Crippen molar-refractivity contribution in [2.45, 2.75) is 33.3 Å². The summed E-state index contributed by atoms with van der Waals surface area (Å²) in [7, 11) is 1.54. The number of benzene rings is 3. The van der Waals surface area contributed by atoms with Crippen molar-refractivity contribution in [2.75, 3.05) is 18.6 Å². The van der Waals surface area contributed by atoms with Crippen LogP contribution in [0.3, 0.4) is 0 Å². The van der Waals surface area contributed by atoms with E-state index in [2.05, 4.69) is 0 Å². The van der Waals surface area contributed by atoms with Crippen LogP contribution in [0.5, 0.6) is 17.2 Å². The van der Waals surface area contributed by atoms with Gasteiger partial charge in [-0.05, 0) is 92.6 Å². The fourth-order valence-electron chi connectivity index (χ4n) is 4.04. The lowest BCUT2D eigenvalue weighted by atomic mass is 10.1. The number of anilines is 1. The second-order valence-electron chi connectivity index (χ2n) is 8.92. The van der Waals surface area contributed by atoms with Crippen LogP contribution in [-0.4, -0.2) is 37.4 Å². The number of hydrogen-bond acceptors (Lipinski definition) is 6. The van der Waals surface area contributed by atoms with Gasteiger partial charge in [0.2, 0.25) is 11.7 Å². The molecule has 3 aromatic rings. The van der Waals surface area contributed by atoms with Gasteiger partial charge in [0.25, 0.3) is 0 Å². The van der Waals surface area contributed by atoms with Crippen molar-refractivity contribution in [3.8, 4) is 17.2 Å². The Labute approximate surface area is 210 Å². The third-order valence-corrected chi connectivity index (χ3v) is 6.36. The lowest BCUT2D eigenvalue weighted by molar-refractivity contribution is -0.151. The molecule has 1 heterocycles. The molecule has 0 aliphatic carbocycles. The number of Topliss-reactive ketones (excluding diaryl/α,β-unsaturated/α-hetero) is 1. The molecule has 0 N–H and O–H groups in total. The molecular weight excluding hydrogens is 458 g/mol. The van der Waals surface area contributed by atoms with Gasteiger partial charge >= 0.3 is 5.97 Å². The van der Waals surface area contributed by atoms with E-state index in [9.17, 15) is 14.4 Å². The molecule has 0 unspecified atom stereocenters. The summed E-state index contributed by atoms with van der Waals surface area (Å²) in [6.07, 6.45) is -0.930. The minimum Gasteiger partial charge on any atom is -0.497 e. The van der Waals surface area contributed by atoms with Crippen LogP contribution in [-0.2, 0) is 14.3 Å². The van der Waals surface area contributed by atoms with Crippen LogP contribution in [0.15, 0.2) is 66.7 Å². The topological polar surface area (TPSA) is 82.1 Å². The summed E-state index contributed by atoms with van der Waals surface area (Å²) < 4.78 is 16.4. The van der Waals surface area contributed by atoms with E-state index in [1.54, 1.807) is 60.5 Å². The van der Waals surface area contributed by atoms with Gasteiger partial charge in [0, 0.05) is 24.2 Å². The van der Waals surface area contributed by atoms with Gasteiger partial charge in [0.1, 0.15) is 17.2 Å². The van der Waals surface area contributed by atoms with Crippen molar-refractivity contribution in [3.05, 3.63) is 83.4 Å². The van der Waals surface area contributed by atoms with Crippen molar-refractivity contribution < 1.29 is 28.6 Å². The predicted octanol–water partition coefficient (Wildman–Crippen LogP) is 5.27. The van der Waals surface area contributed by atoms with E-state index in [1.165, 1.54) is 12.5 Å². The number of ketones is 1. The fraction of sp³-hybridized carbons (Fsp3) is 0.276. The van der Waals surface area contributed by atoms with Gasteiger partial charge in [0.05, 0.1) is 13.0 Å². The van der Waals surface area contributed by atoms with Crippen molar-refractivity contribution in [2.24, 2.45) is 5.92 Å². The van der Waals surface area contributed by atoms with Gasteiger partial charge in [-0.15, -0.1) is 0 Å². The summed E-state index contributed by atoms with van der Waals surface area (Å²) in [5.74, 6) is 0.329. The maximum absolute atomic E-state index is 12.7. The first kappa shape index (κ1) is 25.0. The van der Waals surface area contributed by atoms with E-state index in [4.69, 9.17) is 14.2 Å². The van der Waals surface area contributed by atoms with E-state index >= 15 is 0 Å². The van der Waals surface area contributed by atoms with Crippen LogP contribution < -0.4 is 14.4 Å². The molecule has 0 bridgehead atoms. The van der Waals surface area contributed by atoms with Crippen molar-refractivity contribution in [1.29, 1.82) is 0 Å². The highest BCUT2D eigenvalue weighted by molar-refractivity contribution is 6.02. The number of methoxy groups -OCH3 is 1. The number of ether oxygens (including phenoxy) is 3. The highest BCUT2D eigenvalue weighted by Crippen LogP contribution is 2.30. The Morgan fingerprint density at radius 1 is 0.889 bits per heavy atom. The number of esters is 1. The summed E-state index contributed by atoms with van der Waals surface area (Å²) in [6.45, 7) is 5.80. The quantitative estimate of drug-likeness (QED) is 0.318. The normalized spacial score (nSPS) is 15.9. The van der Waals surface area contributed by atoms with E-state index in [0.717, 1.165) is 11.3 Å². The molecule has 1 aliphatic rings. The summed E-state index contributed by atoms with van der Waals surface area (Å²) in [4.78, 5) is 39.6. The lowest BCUT2D eigenvalue weighted by Gasteiger charge is -2.18. The highest BCUT2D eigenvalue weighted by atomic mass is 16.5. The molecule has 0 spiro atoms. The first-order valence-electron chi connectivity index (χ1n) is 11.8. The molecule has 1 amide bonds. The van der Waals surface area contributed by atoms with Gasteiger partial charge in [-0.3, -0.25) is 14.4 Å². The molecule has 1 aliphatic heterocycles. The predicted molar refractivity (Wildman–Crippen MR) is 136 cm³/mol. The van der Waals surface area contributed by atoms with Crippen LogP contribution >= 0.6 is 0 Å². The molecule has 3 aromatic carbocycles. The van der Waals surface area contributed by atoms with Crippen LogP contribution in [0.2, 0.25) is 0 Å². The maximum Gasteiger partial charge on any atom is 0.312 e. The Bertz CT molecular complexity index is 1270. The van der Waals surface area contributed by atoms with E-state index < -0.39 is 18.0 Å². The number of carbonyl (C=O) groups excluding carboxylic acids is 3. The first-order chi connectivity index (χ1) is 17.2. The summed E-state index contributed by atoms with van der Waals surface area (Å²) in [6, 6.07) is 19.7. The third kappa shape index (κ3) is 5.57. The van der Waals surface area contributed by atoms with E-state index in [-0.39, 0.29) is 24.7 Å². The zero-order valence-electron chi connectivity index (χ0n) is 20.8. The minimum absolute atomic E-state index is 0.0309. The smallest absolute Gasteiger partial charge is 0.312 e. The molecule has 0 radical (unpaired) electrons. The summed E-state index contributed by atoms with van der Waals surface area (Å²) >= 11 is 0. The van der Waals surface area contributed by atoms with Gasteiger partial charge in [-0.2, -0.15) is 0 Å². The van der Waals surface area contributed by atoms with Gasteiger partial charge in [-0.25, -0.2) is 0 Å². The molecule has 1 fully saturated rings. The fourth-order valence-corrected chi connectivity index (χ4v) is 4.04. The average molecular weight is 488 g/mol. The molecule has 186 valence electrons. The van der Waals surface area contributed by atoms with Crippen LogP contribution in [0.4, 0.5) is 5.69 Å². The number of aryl methyl sites for hydroxylation is 2. The van der Waals surface area contributed by atoms with Crippen molar-refractivity contribution in [3.63, 3.8) is 0 Å². The number of hydrogen-bond donors (Lipinski definition) is 0. The molecule has 0 aromatic heterocycles. The van der Waals surface area contributed by atoms with E-state index in [1.807, 2.05) is 32.0 Å². The Morgan fingerprint density at radius 3 is 2.17 bits per heavy atom. The zero-order valence-corrected chi connectivity index (χ0v) is 20.8. The number of amides is 1. The monoisotopic (exact) mass is 487 g/mol. The molecule has 2 atom stereocenters. The molecule has 4 rings (SSSR count). The Kier molecular flexibility index (Phi) is 7.38.